The van der Waals surface area contributed by atoms with Gasteiger partial charge in [0, 0.05) is 13.1 Å². The second-order valence-corrected chi connectivity index (χ2v) is 6.42. The highest BCUT2D eigenvalue weighted by atomic mass is 35.5. The van der Waals surface area contributed by atoms with Crippen LogP contribution in [0.4, 0.5) is 14.9 Å². The Morgan fingerprint density at radius 3 is 2.43 bits per heavy atom. The van der Waals surface area contributed by atoms with Crippen molar-refractivity contribution in [3.63, 3.8) is 0 Å². The number of anilines is 1. The second-order valence-electron chi connectivity index (χ2n) is 6.01. The molecule has 0 atom stereocenters. The summed E-state index contributed by atoms with van der Waals surface area (Å²) in [7, 11) is 3.75. The third kappa shape index (κ3) is 5.52. The molecule has 0 aliphatic heterocycles. The van der Waals surface area contributed by atoms with E-state index in [4.69, 9.17) is 16.3 Å². The van der Waals surface area contributed by atoms with Gasteiger partial charge >= 0.3 is 6.09 Å². The number of carbonyl (C=O) groups excluding carboxylic acids is 1. The van der Waals surface area contributed by atoms with Gasteiger partial charge in [0.2, 0.25) is 0 Å². The van der Waals surface area contributed by atoms with Gasteiger partial charge in [0.15, 0.2) is 5.82 Å². The first-order valence-corrected chi connectivity index (χ1v) is 7.09. The van der Waals surface area contributed by atoms with Gasteiger partial charge in [0.05, 0.1) is 10.7 Å². The number of hydrogen-bond donors (Lipinski definition) is 0. The lowest BCUT2D eigenvalue weighted by molar-refractivity contribution is 0.0577. The maximum absolute atomic E-state index is 14.2. The SMILES string of the molecule is CN(C)CCN(C(=O)OC(C)(C)C)c1cccc(Cl)c1F. The summed E-state index contributed by atoms with van der Waals surface area (Å²) in [5.41, 5.74) is -0.527. The van der Waals surface area contributed by atoms with Crippen LogP contribution in [-0.2, 0) is 4.74 Å². The largest absolute Gasteiger partial charge is 0.443 e. The van der Waals surface area contributed by atoms with E-state index in [1.807, 2.05) is 19.0 Å². The van der Waals surface area contributed by atoms with Crippen LogP contribution in [0.15, 0.2) is 18.2 Å². The summed E-state index contributed by atoms with van der Waals surface area (Å²) in [5, 5.41) is -0.0223. The number of benzene rings is 1. The molecule has 0 unspecified atom stereocenters. The molecular formula is C15H22ClFN2O2. The molecule has 0 aliphatic rings. The lowest BCUT2D eigenvalue weighted by atomic mass is 10.2. The molecule has 1 aromatic carbocycles. The Morgan fingerprint density at radius 2 is 1.90 bits per heavy atom. The zero-order valence-corrected chi connectivity index (χ0v) is 13.9. The summed E-state index contributed by atoms with van der Waals surface area (Å²) < 4.78 is 19.5. The van der Waals surface area contributed by atoms with Crippen molar-refractivity contribution in [1.29, 1.82) is 0 Å². The van der Waals surface area contributed by atoms with E-state index in [9.17, 15) is 9.18 Å². The molecule has 0 fully saturated rings. The van der Waals surface area contributed by atoms with Gasteiger partial charge in [0.1, 0.15) is 5.60 Å². The number of nitrogens with zero attached hydrogens (tertiary/aromatic N) is 2. The third-order valence-corrected chi connectivity index (χ3v) is 2.90. The number of hydrogen-bond acceptors (Lipinski definition) is 3. The molecule has 0 bridgehead atoms. The van der Waals surface area contributed by atoms with Crippen LogP contribution in [0, 0.1) is 5.82 Å². The number of rotatable bonds is 4. The summed E-state index contributed by atoms with van der Waals surface area (Å²) in [5.74, 6) is -0.621. The number of carbonyl (C=O) groups is 1. The summed E-state index contributed by atoms with van der Waals surface area (Å²) in [6.45, 7) is 6.18. The van der Waals surface area contributed by atoms with Gasteiger partial charge < -0.3 is 9.64 Å². The first-order chi connectivity index (χ1) is 9.61. The summed E-state index contributed by atoms with van der Waals surface area (Å²) in [4.78, 5) is 15.5. The van der Waals surface area contributed by atoms with E-state index in [2.05, 4.69) is 0 Å². The summed E-state index contributed by atoms with van der Waals surface area (Å²) in [6, 6.07) is 4.56. The van der Waals surface area contributed by atoms with E-state index in [1.165, 1.54) is 17.0 Å². The Bertz CT molecular complexity index is 501. The van der Waals surface area contributed by atoms with E-state index < -0.39 is 17.5 Å². The molecule has 1 amide bonds. The van der Waals surface area contributed by atoms with Gasteiger partial charge in [0.25, 0.3) is 0 Å². The normalized spacial score (nSPS) is 11.6. The lowest BCUT2D eigenvalue weighted by Crippen LogP contribution is -2.41. The van der Waals surface area contributed by atoms with Crippen LogP contribution < -0.4 is 4.90 Å². The number of amides is 1. The van der Waals surface area contributed by atoms with E-state index >= 15 is 0 Å². The number of halogens is 2. The monoisotopic (exact) mass is 316 g/mol. The topological polar surface area (TPSA) is 32.8 Å². The maximum Gasteiger partial charge on any atom is 0.414 e. The molecule has 1 rings (SSSR count). The van der Waals surface area contributed by atoms with Gasteiger partial charge in [-0.1, -0.05) is 17.7 Å². The van der Waals surface area contributed by atoms with E-state index in [0.717, 1.165) is 0 Å². The molecule has 0 heterocycles. The Balaban J connectivity index is 3.07. The molecule has 4 nitrogen and oxygen atoms in total. The van der Waals surface area contributed by atoms with Gasteiger partial charge in [-0.3, -0.25) is 4.90 Å². The average molecular weight is 317 g/mol. The molecule has 0 saturated carbocycles. The smallest absolute Gasteiger partial charge is 0.414 e. The van der Waals surface area contributed by atoms with Crippen LogP contribution in [0.25, 0.3) is 0 Å². The van der Waals surface area contributed by atoms with Crippen molar-refractivity contribution in [2.75, 3.05) is 32.1 Å². The molecule has 1 aromatic rings. The van der Waals surface area contributed by atoms with Crippen LogP contribution in [-0.4, -0.2) is 43.8 Å². The van der Waals surface area contributed by atoms with E-state index in [1.54, 1.807) is 26.8 Å². The predicted molar refractivity (Wildman–Crippen MR) is 83.5 cm³/mol. The molecule has 0 radical (unpaired) electrons. The Kier molecular flexibility index (Phi) is 5.98. The Labute approximate surface area is 130 Å². The minimum Gasteiger partial charge on any atom is -0.443 e. The van der Waals surface area contributed by atoms with E-state index in [0.29, 0.717) is 13.1 Å². The highest BCUT2D eigenvalue weighted by Crippen LogP contribution is 2.26. The molecule has 6 heteroatoms. The van der Waals surface area contributed by atoms with Crippen molar-refractivity contribution in [1.82, 2.24) is 4.90 Å². The zero-order valence-electron chi connectivity index (χ0n) is 13.1. The highest BCUT2D eigenvalue weighted by Gasteiger charge is 2.26. The van der Waals surface area contributed by atoms with Crippen molar-refractivity contribution in [2.24, 2.45) is 0 Å². The third-order valence-electron chi connectivity index (χ3n) is 2.61. The first-order valence-electron chi connectivity index (χ1n) is 6.71. The molecule has 21 heavy (non-hydrogen) atoms. The Hall–Kier alpha value is -1.33. The van der Waals surface area contributed by atoms with Crippen molar-refractivity contribution >= 4 is 23.4 Å². The zero-order chi connectivity index (χ0) is 16.2. The average Bonchev–Trinajstić information content (AvgIpc) is 2.32. The minimum atomic E-state index is -0.650. The maximum atomic E-state index is 14.2. The first kappa shape index (κ1) is 17.7. The molecule has 118 valence electrons. The lowest BCUT2D eigenvalue weighted by Gasteiger charge is -2.28. The fourth-order valence-corrected chi connectivity index (χ4v) is 1.80. The van der Waals surface area contributed by atoms with E-state index in [-0.39, 0.29) is 10.7 Å². The van der Waals surface area contributed by atoms with Crippen molar-refractivity contribution in [3.8, 4) is 0 Å². The predicted octanol–water partition coefficient (Wildman–Crippen LogP) is 3.78. The molecule has 0 N–H and O–H groups in total. The molecule has 0 aliphatic carbocycles. The minimum absolute atomic E-state index is 0.0223. The quantitative estimate of drug-likeness (QED) is 0.847. The standard InChI is InChI=1S/C15H22ClFN2O2/c1-15(2,3)21-14(20)19(10-9-18(4)5)12-8-6-7-11(16)13(12)17/h6-8H,9-10H2,1-5H3. The fourth-order valence-electron chi connectivity index (χ4n) is 1.63. The van der Waals surface area contributed by atoms with Gasteiger partial charge in [-0.2, -0.15) is 0 Å². The van der Waals surface area contributed by atoms with Gasteiger partial charge in [-0.05, 0) is 47.0 Å². The summed E-state index contributed by atoms with van der Waals surface area (Å²) >= 11 is 5.79. The number of ether oxygens (including phenoxy) is 1. The van der Waals surface area contributed by atoms with Crippen molar-refractivity contribution in [3.05, 3.63) is 29.0 Å². The fraction of sp³-hybridized carbons (Fsp3) is 0.533. The van der Waals surface area contributed by atoms with Gasteiger partial charge in [-0.25, -0.2) is 9.18 Å². The van der Waals surface area contributed by atoms with Crippen LogP contribution >= 0.6 is 11.6 Å². The molecule has 0 saturated heterocycles. The summed E-state index contributed by atoms with van der Waals surface area (Å²) in [6.07, 6.45) is -0.592. The molecule has 0 aromatic heterocycles. The number of likely N-dealkylation sites (N-methyl/N-ethyl adjacent to an activating group) is 1. The van der Waals surface area contributed by atoms with Crippen molar-refractivity contribution in [2.45, 2.75) is 26.4 Å². The highest BCUT2D eigenvalue weighted by molar-refractivity contribution is 6.31. The second kappa shape index (κ2) is 7.09. The molecular weight excluding hydrogens is 295 g/mol. The van der Waals surface area contributed by atoms with Crippen LogP contribution in [0.1, 0.15) is 20.8 Å². The van der Waals surface area contributed by atoms with Crippen molar-refractivity contribution < 1.29 is 13.9 Å². The Morgan fingerprint density at radius 1 is 1.29 bits per heavy atom. The van der Waals surface area contributed by atoms with Crippen LogP contribution in [0.2, 0.25) is 5.02 Å². The van der Waals surface area contributed by atoms with Crippen LogP contribution in [0.3, 0.4) is 0 Å². The molecule has 0 spiro atoms. The van der Waals surface area contributed by atoms with Gasteiger partial charge in [-0.15, -0.1) is 0 Å². The van der Waals surface area contributed by atoms with Crippen LogP contribution in [0.5, 0.6) is 0 Å².